The molecular weight excluding hydrogens is 187 g/mol. The predicted molar refractivity (Wildman–Crippen MR) is 44.7 cm³/mol. The largest absolute Gasteiger partial charge is 0.509 e. The van der Waals surface area contributed by atoms with Crippen LogP contribution in [0.15, 0.2) is 24.3 Å². The van der Waals surface area contributed by atoms with Gasteiger partial charge in [-0.3, -0.25) is 0 Å². The summed E-state index contributed by atoms with van der Waals surface area (Å²) in [6.07, 6.45) is 0. The smallest absolute Gasteiger partial charge is 0.445 e. The van der Waals surface area contributed by atoms with Crippen LogP contribution in [0.3, 0.4) is 0 Å². The fourth-order valence-corrected chi connectivity index (χ4v) is 1.00. The monoisotopic (exact) mass is 193 g/mol. The minimum atomic E-state index is -4.87. The van der Waals surface area contributed by atoms with E-state index in [1.165, 1.54) is 12.1 Å². The molecule has 0 radical (unpaired) electrons. The van der Waals surface area contributed by atoms with Gasteiger partial charge < -0.3 is 12.9 Å². The maximum Gasteiger partial charge on any atom is 0.509 e. The average molecular weight is 193 g/mol. The van der Waals surface area contributed by atoms with Crippen LogP contribution in [0.5, 0.6) is 0 Å². The Morgan fingerprint density at radius 1 is 1.08 bits per heavy atom. The standard InChI is InChI=1S/C7H6BClF3/c9-5-6-1-3-7(4-2-6)8(10,11)12/h1-4H,5H2/q-1. The molecule has 0 N–H and O–H groups in total. The third-order valence-electron chi connectivity index (χ3n) is 1.51. The summed E-state index contributed by atoms with van der Waals surface area (Å²) in [6.45, 7) is -4.87. The summed E-state index contributed by atoms with van der Waals surface area (Å²) in [4.78, 5) is 0. The van der Waals surface area contributed by atoms with E-state index in [1.807, 2.05) is 0 Å². The van der Waals surface area contributed by atoms with Crippen LogP contribution in [0.2, 0.25) is 0 Å². The van der Waals surface area contributed by atoms with Crippen LogP contribution < -0.4 is 5.46 Å². The molecule has 1 aromatic carbocycles. The Labute approximate surface area is 73.4 Å². The highest BCUT2D eigenvalue weighted by molar-refractivity contribution is 6.73. The van der Waals surface area contributed by atoms with Crippen molar-refractivity contribution in [2.45, 2.75) is 5.88 Å². The van der Waals surface area contributed by atoms with Crippen LogP contribution in [0, 0.1) is 0 Å². The molecule has 0 saturated carbocycles. The number of hydrogen-bond acceptors (Lipinski definition) is 0. The van der Waals surface area contributed by atoms with Gasteiger partial charge in [-0.25, -0.2) is 0 Å². The van der Waals surface area contributed by atoms with Gasteiger partial charge in [0.25, 0.3) is 0 Å². The Kier molecular flexibility index (Phi) is 2.67. The lowest BCUT2D eigenvalue weighted by Crippen LogP contribution is -2.33. The van der Waals surface area contributed by atoms with Gasteiger partial charge in [-0.15, -0.1) is 17.1 Å². The topological polar surface area (TPSA) is 0 Å². The first-order chi connectivity index (χ1) is 5.54. The molecule has 0 unspecified atom stereocenters. The van der Waals surface area contributed by atoms with Crippen molar-refractivity contribution in [3.8, 4) is 0 Å². The molecule has 1 rings (SSSR count). The summed E-state index contributed by atoms with van der Waals surface area (Å²) in [7, 11) is 0. The number of rotatable bonds is 2. The van der Waals surface area contributed by atoms with Gasteiger partial charge in [0.1, 0.15) is 0 Å². The maximum absolute atomic E-state index is 12.1. The predicted octanol–water partition coefficient (Wildman–Crippen LogP) is 2.48. The van der Waals surface area contributed by atoms with Crippen molar-refractivity contribution in [2.75, 3.05) is 0 Å². The summed E-state index contributed by atoms with van der Waals surface area (Å²) in [5.74, 6) is 0.241. The van der Waals surface area contributed by atoms with Gasteiger partial charge in [0.15, 0.2) is 0 Å². The zero-order chi connectivity index (χ0) is 9.19. The third kappa shape index (κ3) is 2.17. The SMILES string of the molecule is F[B-](F)(F)c1ccc(CCl)cc1. The van der Waals surface area contributed by atoms with E-state index in [0.29, 0.717) is 5.56 Å². The Bertz CT molecular complexity index is 254. The van der Waals surface area contributed by atoms with E-state index < -0.39 is 12.4 Å². The Hall–Kier alpha value is -0.635. The van der Waals surface area contributed by atoms with Gasteiger partial charge in [0, 0.05) is 5.88 Å². The molecule has 0 aliphatic heterocycles. The fraction of sp³-hybridized carbons (Fsp3) is 0.143. The molecule has 1 aromatic rings. The molecule has 0 heterocycles. The molecule has 0 nitrogen and oxygen atoms in total. The van der Waals surface area contributed by atoms with Gasteiger partial charge in [0.2, 0.25) is 0 Å². The highest BCUT2D eigenvalue weighted by Gasteiger charge is 2.24. The minimum Gasteiger partial charge on any atom is -0.445 e. The number of halogens is 4. The van der Waals surface area contributed by atoms with Crippen molar-refractivity contribution in [1.29, 1.82) is 0 Å². The molecule has 5 heteroatoms. The normalized spacial score (nSPS) is 11.7. The summed E-state index contributed by atoms with van der Waals surface area (Å²) in [5.41, 5.74) is 0.115. The first kappa shape index (κ1) is 9.45. The molecule has 66 valence electrons. The van der Waals surface area contributed by atoms with Gasteiger partial charge in [-0.05, 0) is 5.56 Å². The lowest BCUT2D eigenvalue weighted by molar-refractivity contribution is 0.501. The highest BCUT2D eigenvalue weighted by Crippen LogP contribution is 2.10. The summed E-state index contributed by atoms with van der Waals surface area (Å²) >= 11 is 5.42. The minimum absolute atomic E-state index is 0.241. The fourth-order valence-electron chi connectivity index (χ4n) is 0.825. The van der Waals surface area contributed by atoms with E-state index in [1.54, 1.807) is 0 Å². The number of alkyl halides is 1. The molecule has 0 bridgehead atoms. The molecule has 0 aliphatic carbocycles. The Morgan fingerprint density at radius 2 is 1.58 bits per heavy atom. The molecule has 0 atom stereocenters. The molecular formula is C7H6BClF3-. The van der Waals surface area contributed by atoms with Crippen LogP contribution in [0.4, 0.5) is 12.9 Å². The van der Waals surface area contributed by atoms with Gasteiger partial charge in [-0.1, -0.05) is 24.3 Å². The van der Waals surface area contributed by atoms with Crippen LogP contribution in [0.1, 0.15) is 5.56 Å². The first-order valence-electron chi connectivity index (χ1n) is 3.39. The molecule has 0 aliphatic rings. The van der Waals surface area contributed by atoms with E-state index in [2.05, 4.69) is 0 Å². The Balaban J connectivity index is 2.93. The van der Waals surface area contributed by atoms with Crippen LogP contribution >= 0.6 is 11.6 Å². The van der Waals surface area contributed by atoms with Crippen molar-refractivity contribution in [2.24, 2.45) is 0 Å². The summed E-state index contributed by atoms with van der Waals surface area (Å²) < 4.78 is 36.2. The Morgan fingerprint density at radius 3 is 1.92 bits per heavy atom. The van der Waals surface area contributed by atoms with Crippen LogP contribution in [-0.4, -0.2) is 6.98 Å². The first-order valence-corrected chi connectivity index (χ1v) is 3.92. The van der Waals surface area contributed by atoms with Crippen molar-refractivity contribution in [3.63, 3.8) is 0 Å². The third-order valence-corrected chi connectivity index (χ3v) is 1.82. The average Bonchev–Trinajstić information content (AvgIpc) is 2.03. The molecule has 0 amide bonds. The number of hydrogen-bond donors (Lipinski definition) is 0. The second-order valence-electron chi connectivity index (χ2n) is 2.45. The van der Waals surface area contributed by atoms with Crippen LogP contribution in [0.25, 0.3) is 0 Å². The summed E-state index contributed by atoms with van der Waals surface area (Å²) in [6, 6.07) is 4.88. The van der Waals surface area contributed by atoms with Gasteiger partial charge in [0.05, 0.1) is 0 Å². The molecule has 12 heavy (non-hydrogen) atoms. The van der Waals surface area contributed by atoms with Crippen molar-refractivity contribution < 1.29 is 12.9 Å². The summed E-state index contributed by atoms with van der Waals surface area (Å²) in [5, 5.41) is 0. The number of benzene rings is 1. The van der Waals surface area contributed by atoms with E-state index in [9.17, 15) is 12.9 Å². The quantitative estimate of drug-likeness (QED) is 0.500. The molecule has 0 saturated heterocycles. The van der Waals surface area contributed by atoms with Gasteiger partial charge in [-0.2, -0.15) is 0 Å². The highest BCUT2D eigenvalue weighted by atomic mass is 35.5. The maximum atomic E-state index is 12.1. The van der Waals surface area contributed by atoms with E-state index in [4.69, 9.17) is 11.6 Å². The van der Waals surface area contributed by atoms with Crippen molar-refractivity contribution >= 4 is 24.0 Å². The van der Waals surface area contributed by atoms with Gasteiger partial charge >= 0.3 is 6.98 Å². The van der Waals surface area contributed by atoms with Crippen LogP contribution in [-0.2, 0) is 5.88 Å². The molecule has 0 aromatic heterocycles. The second-order valence-corrected chi connectivity index (χ2v) is 2.72. The molecule has 0 spiro atoms. The lowest BCUT2D eigenvalue weighted by Gasteiger charge is -2.14. The van der Waals surface area contributed by atoms with Crippen molar-refractivity contribution in [3.05, 3.63) is 29.8 Å². The lowest BCUT2D eigenvalue weighted by atomic mass is 9.80. The second kappa shape index (κ2) is 3.39. The van der Waals surface area contributed by atoms with E-state index >= 15 is 0 Å². The zero-order valence-electron chi connectivity index (χ0n) is 6.11. The van der Waals surface area contributed by atoms with Crippen molar-refractivity contribution in [1.82, 2.24) is 0 Å². The van der Waals surface area contributed by atoms with E-state index in [-0.39, 0.29) is 5.88 Å². The molecule has 0 fully saturated rings. The zero-order valence-corrected chi connectivity index (χ0v) is 6.86. The van der Waals surface area contributed by atoms with E-state index in [0.717, 1.165) is 12.1 Å².